The maximum Gasteiger partial charge on any atom is 0.237 e. The Hall–Kier alpha value is -3.41. The van der Waals surface area contributed by atoms with Gasteiger partial charge in [-0.25, -0.2) is 0 Å². The quantitative estimate of drug-likeness (QED) is 0.674. The topological polar surface area (TPSA) is 94.9 Å². The van der Waals surface area contributed by atoms with E-state index in [4.69, 9.17) is 9.47 Å². The maximum atomic E-state index is 12.9. The van der Waals surface area contributed by atoms with Crippen LogP contribution >= 0.6 is 0 Å². The third-order valence-corrected chi connectivity index (χ3v) is 8.39. The van der Waals surface area contributed by atoms with Crippen LogP contribution in [0.4, 0.5) is 5.69 Å². The first-order valence-corrected chi connectivity index (χ1v) is 12.7. The third-order valence-electron chi connectivity index (χ3n) is 8.39. The highest BCUT2D eigenvalue weighted by Crippen LogP contribution is 2.45. The number of fused-ring (bicyclic) bond motifs is 2. The number of amides is 2. The van der Waals surface area contributed by atoms with Crippen molar-refractivity contribution in [2.45, 2.75) is 30.1 Å². The Labute approximate surface area is 210 Å². The minimum absolute atomic E-state index is 0.0470. The summed E-state index contributed by atoms with van der Waals surface area (Å²) in [4.78, 5) is 30.1. The van der Waals surface area contributed by atoms with Gasteiger partial charge in [0.25, 0.3) is 0 Å². The molecule has 0 aliphatic carbocycles. The van der Waals surface area contributed by atoms with Crippen LogP contribution in [0.25, 0.3) is 0 Å². The SMILES string of the molecule is N#Cc1ccc2c(c1)C1(CCN(CCOc3ccc(C4(C(=O)N5CCC5)COC4)cc3)CC1)C(=O)N2. The Morgan fingerprint density at radius 2 is 1.83 bits per heavy atom. The number of nitrogens with one attached hydrogen (secondary N) is 1. The zero-order valence-corrected chi connectivity index (χ0v) is 20.3. The molecule has 0 aromatic heterocycles. The number of ether oxygens (including phenoxy) is 2. The molecular weight excluding hydrogens is 456 g/mol. The lowest BCUT2D eigenvalue weighted by molar-refractivity contribution is -0.159. The van der Waals surface area contributed by atoms with Gasteiger partial charge in [0.15, 0.2) is 0 Å². The van der Waals surface area contributed by atoms with Crippen molar-refractivity contribution in [3.63, 3.8) is 0 Å². The largest absolute Gasteiger partial charge is 0.492 e. The van der Waals surface area contributed by atoms with E-state index in [0.29, 0.717) is 25.4 Å². The first-order valence-electron chi connectivity index (χ1n) is 12.7. The van der Waals surface area contributed by atoms with Crippen molar-refractivity contribution in [3.8, 4) is 11.8 Å². The minimum atomic E-state index is -0.540. The fourth-order valence-corrected chi connectivity index (χ4v) is 5.84. The average molecular weight is 487 g/mol. The lowest BCUT2D eigenvalue weighted by atomic mass is 9.73. The fraction of sp³-hybridized carbons (Fsp3) is 0.464. The molecule has 1 N–H and O–H groups in total. The predicted octanol–water partition coefficient (Wildman–Crippen LogP) is 2.42. The monoisotopic (exact) mass is 486 g/mol. The molecule has 4 aliphatic rings. The van der Waals surface area contributed by atoms with Crippen LogP contribution < -0.4 is 10.1 Å². The van der Waals surface area contributed by atoms with Gasteiger partial charge in [-0.05, 0) is 73.8 Å². The van der Waals surface area contributed by atoms with Crippen LogP contribution in [0.1, 0.15) is 36.0 Å². The summed E-state index contributed by atoms with van der Waals surface area (Å²) >= 11 is 0. The third kappa shape index (κ3) is 3.66. The molecule has 8 nitrogen and oxygen atoms in total. The molecule has 1 spiro atoms. The number of likely N-dealkylation sites (tertiary alicyclic amines) is 2. The number of benzene rings is 2. The fourth-order valence-electron chi connectivity index (χ4n) is 5.84. The summed E-state index contributed by atoms with van der Waals surface area (Å²) in [5.74, 6) is 1.01. The predicted molar refractivity (Wildman–Crippen MR) is 133 cm³/mol. The summed E-state index contributed by atoms with van der Waals surface area (Å²) in [6.45, 7) is 5.50. The van der Waals surface area contributed by atoms with Gasteiger partial charge >= 0.3 is 0 Å². The summed E-state index contributed by atoms with van der Waals surface area (Å²) in [5.41, 5.74) is 2.30. The summed E-state index contributed by atoms with van der Waals surface area (Å²) in [7, 11) is 0. The minimum Gasteiger partial charge on any atom is -0.492 e. The van der Waals surface area contributed by atoms with Gasteiger partial charge in [-0.3, -0.25) is 14.5 Å². The van der Waals surface area contributed by atoms with Crippen molar-refractivity contribution < 1.29 is 19.1 Å². The molecule has 186 valence electrons. The van der Waals surface area contributed by atoms with Crippen LogP contribution in [0.2, 0.25) is 0 Å². The summed E-state index contributed by atoms with van der Waals surface area (Å²) in [5, 5.41) is 12.3. The van der Waals surface area contributed by atoms with Crippen molar-refractivity contribution in [3.05, 3.63) is 59.2 Å². The summed E-state index contributed by atoms with van der Waals surface area (Å²) in [6, 6.07) is 15.5. The first-order chi connectivity index (χ1) is 17.5. The molecule has 0 saturated carbocycles. The van der Waals surface area contributed by atoms with Crippen LogP contribution in [-0.2, 0) is 25.2 Å². The van der Waals surface area contributed by atoms with E-state index >= 15 is 0 Å². The van der Waals surface area contributed by atoms with Gasteiger partial charge in [-0.1, -0.05) is 12.1 Å². The number of rotatable bonds is 6. The summed E-state index contributed by atoms with van der Waals surface area (Å²) < 4.78 is 11.5. The second-order valence-corrected chi connectivity index (χ2v) is 10.3. The highest BCUT2D eigenvalue weighted by atomic mass is 16.5. The summed E-state index contributed by atoms with van der Waals surface area (Å²) in [6.07, 6.45) is 2.53. The molecule has 0 radical (unpaired) electrons. The molecule has 36 heavy (non-hydrogen) atoms. The van der Waals surface area contributed by atoms with Crippen LogP contribution in [0.5, 0.6) is 5.75 Å². The van der Waals surface area contributed by atoms with Crippen molar-refractivity contribution in [2.75, 3.05) is 57.9 Å². The van der Waals surface area contributed by atoms with Crippen molar-refractivity contribution >= 4 is 17.5 Å². The second-order valence-electron chi connectivity index (χ2n) is 10.3. The Balaban J connectivity index is 1.03. The number of anilines is 1. The van der Waals surface area contributed by atoms with Crippen molar-refractivity contribution in [2.24, 2.45) is 0 Å². The lowest BCUT2D eigenvalue weighted by Gasteiger charge is -2.46. The van der Waals surface area contributed by atoms with Crippen molar-refractivity contribution in [1.82, 2.24) is 9.80 Å². The number of carbonyl (C=O) groups is 2. The van der Waals surface area contributed by atoms with Crippen LogP contribution in [0, 0.1) is 11.3 Å². The average Bonchev–Trinajstić information content (AvgIpc) is 3.10. The van der Waals surface area contributed by atoms with Crippen molar-refractivity contribution in [1.29, 1.82) is 5.26 Å². The van der Waals surface area contributed by atoms with E-state index in [1.165, 1.54) is 0 Å². The van der Waals surface area contributed by atoms with Gasteiger partial charge in [0.2, 0.25) is 11.8 Å². The molecule has 3 fully saturated rings. The van der Waals surface area contributed by atoms with Gasteiger partial charge in [-0.15, -0.1) is 0 Å². The Morgan fingerprint density at radius 1 is 1.08 bits per heavy atom. The van der Waals surface area contributed by atoms with Gasteiger partial charge in [-0.2, -0.15) is 5.26 Å². The Bertz CT molecular complexity index is 1220. The molecule has 8 heteroatoms. The van der Waals surface area contributed by atoms with Crippen LogP contribution in [0.15, 0.2) is 42.5 Å². The Kier molecular flexibility index (Phi) is 5.70. The zero-order valence-electron chi connectivity index (χ0n) is 20.3. The molecule has 4 heterocycles. The second kappa shape index (κ2) is 8.91. The molecule has 4 aliphatic heterocycles. The van der Waals surface area contributed by atoms with E-state index in [2.05, 4.69) is 16.3 Å². The normalized spacial score (nSPS) is 21.6. The van der Waals surface area contributed by atoms with E-state index in [0.717, 1.165) is 74.6 Å². The maximum absolute atomic E-state index is 12.9. The van der Waals surface area contributed by atoms with E-state index in [-0.39, 0.29) is 11.8 Å². The number of carbonyl (C=O) groups excluding carboxylic acids is 2. The van der Waals surface area contributed by atoms with Gasteiger partial charge in [0, 0.05) is 25.3 Å². The molecule has 2 aromatic rings. The zero-order chi connectivity index (χ0) is 24.8. The number of nitrogens with zero attached hydrogens (tertiary/aromatic N) is 3. The van der Waals surface area contributed by atoms with Crippen LogP contribution in [-0.4, -0.2) is 74.2 Å². The van der Waals surface area contributed by atoms with Gasteiger partial charge < -0.3 is 19.7 Å². The highest BCUT2D eigenvalue weighted by Gasteiger charge is 2.50. The van der Waals surface area contributed by atoms with E-state index < -0.39 is 10.8 Å². The van der Waals surface area contributed by atoms with E-state index in [1.807, 2.05) is 41.3 Å². The van der Waals surface area contributed by atoms with E-state index in [1.54, 1.807) is 6.07 Å². The standard InChI is InChI=1S/C28H30N4O4/c29-17-20-2-7-24-23(16-20)27(25(33)30-24)8-12-31(13-9-27)14-15-36-22-5-3-21(4-6-22)28(18-35-19-28)26(34)32-10-1-11-32/h2-7,16H,1,8-15,18-19H2,(H,30,33). The molecule has 0 unspecified atom stereocenters. The molecule has 0 bridgehead atoms. The highest BCUT2D eigenvalue weighted by molar-refractivity contribution is 6.06. The molecule has 3 saturated heterocycles. The first kappa shape index (κ1) is 23.0. The molecule has 2 amide bonds. The Morgan fingerprint density at radius 3 is 2.44 bits per heavy atom. The van der Waals surface area contributed by atoms with E-state index in [9.17, 15) is 14.9 Å². The smallest absolute Gasteiger partial charge is 0.237 e. The van der Waals surface area contributed by atoms with Crippen LogP contribution in [0.3, 0.4) is 0 Å². The number of hydrogen-bond donors (Lipinski definition) is 1. The number of hydrogen-bond acceptors (Lipinski definition) is 6. The molecule has 0 atom stereocenters. The lowest BCUT2D eigenvalue weighted by Crippen LogP contribution is -2.61. The van der Waals surface area contributed by atoms with Gasteiger partial charge in [0.1, 0.15) is 17.8 Å². The molecule has 6 rings (SSSR count). The number of nitriles is 1. The molecular formula is C28H30N4O4. The van der Waals surface area contributed by atoms with Gasteiger partial charge in [0.05, 0.1) is 30.3 Å². The molecule has 2 aromatic carbocycles. The number of piperidine rings is 1.